The smallest absolute Gasteiger partial charge is 0.203 e. The highest BCUT2D eigenvalue weighted by atomic mass is 15.3. The van der Waals surface area contributed by atoms with Crippen LogP contribution in [0.5, 0.6) is 0 Å². The first-order chi connectivity index (χ1) is 11.7. The van der Waals surface area contributed by atoms with Crippen LogP contribution in [0.25, 0.3) is 22.3 Å². The molecule has 5 heteroatoms. The number of anilines is 1. The molecule has 0 saturated carbocycles. The Bertz CT molecular complexity index is 1000. The van der Waals surface area contributed by atoms with Crippen molar-refractivity contribution in [2.24, 2.45) is 0 Å². The first-order valence-corrected chi connectivity index (χ1v) is 7.81. The van der Waals surface area contributed by atoms with Crippen LogP contribution in [0.2, 0.25) is 0 Å². The zero-order valence-electron chi connectivity index (χ0n) is 13.3. The predicted molar refractivity (Wildman–Crippen MR) is 95.5 cm³/mol. The summed E-state index contributed by atoms with van der Waals surface area (Å²) in [5.41, 5.74) is 13.1. The SMILES string of the molecule is Cc1ccc(-c2cccc(Cc3cc(N)nc4n[nH]nc34)c2)cc1. The number of nitrogens with two attached hydrogens (primary N) is 1. The van der Waals surface area contributed by atoms with Crippen molar-refractivity contribution in [2.45, 2.75) is 13.3 Å². The highest BCUT2D eigenvalue weighted by Gasteiger charge is 2.09. The Morgan fingerprint density at radius 1 is 0.958 bits per heavy atom. The third kappa shape index (κ3) is 2.72. The first-order valence-electron chi connectivity index (χ1n) is 7.81. The van der Waals surface area contributed by atoms with Gasteiger partial charge in [0.25, 0.3) is 0 Å². The van der Waals surface area contributed by atoms with Crippen LogP contribution in [0.4, 0.5) is 5.82 Å². The maximum absolute atomic E-state index is 5.88. The summed E-state index contributed by atoms with van der Waals surface area (Å²) in [4.78, 5) is 4.18. The van der Waals surface area contributed by atoms with E-state index in [-0.39, 0.29) is 0 Å². The van der Waals surface area contributed by atoms with Crippen LogP contribution in [0.15, 0.2) is 54.6 Å². The van der Waals surface area contributed by atoms with E-state index in [4.69, 9.17) is 5.73 Å². The van der Waals surface area contributed by atoms with Crippen LogP contribution < -0.4 is 5.73 Å². The minimum Gasteiger partial charge on any atom is -0.384 e. The van der Waals surface area contributed by atoms with Crippen LogP contribution in [0.1, 0.15) is 16.7 Å². The number of nitrogens with one attached hydrogen (secondary N) is 1. The molecule has 2 aromatic heterocycles. The van der Waals surface area contributed by atoms with Crippen LogP contribution in [-0.4, -0.2) is 20.4 Å². The molecule has 0 unspecified atom stereocenters. The van der Waals surface area contributed by atoms with Gasteiger partial charge in [-0.25, -0.2) is 4.98 Å². The minimum absolute atomic E-state index is 0.459. The van der Waals surface area contributed by atoms with Gasteiger partial charge >= 0.3 is 0 Å². The number of aromatic nitrogens is 4. The van der Waals surface area contributed by atoms with Crippen molar-refractivity contribution in [1.82, 2.24) is 20.4 Å². The Balaban J connectivity index is 1.71. The molecule has 0 amide bonds. The van der Waals surface area contributed by atoms with Crippen LogP contribution in [0.3, 0.4) is 0 Å². The number of nitrogen functional groups attached to an aromatic ring is 1. The average molecular weight is 315 g/mol. The summed E-state index contributed by atoms with van der Waals surface area (Å²) in [6, 6.07) is 18.9. The quantitative estimate of drug-likeness (QED) is 0.606. The Hall–Kier alpha value is -3.21. The lowest BCUT2D eigenvalue weighted by molar-refractivity contribution is 0.953. The lowest BCUT2D eigenvalue weighted by Gasteiger charge is -2.07. The molecule has 3 N–H and O–H groups in total. The van der Waals surface area contributed by atoms with Crippen molar-refractivity contribution in [3.05, 3.63) is 71.3 Å². The van der Waals surface area contributed by atoms with Gasteiger partial charge in [0.05, 0.1) is 0 Å². The Kier molecular flexibility index (Phi) is 3.46. The van der Waals surface area contributed by atoms with Crippen molar-refractivity contribution in [1.29, 1.82) is 0 Å². The number of hydrogen-bond acceptors (Lipinski definition) is 4. The number of H-pyrrole nitrogens is 1. The fraction of sp³-hybridized carbons (Fsp3) is 0.105. The number of aromatic amines is 1. The monoisotopic (exact) mass is 315 g/mol. The number of pyridine rings is 1. The van der Waals surface area contributed by atoms with Gasteiger partial charge in [0.15, 0.2) is 0 Å². The van der Waals surface area contributed by atoms with E-state index < -0.39 is 0 Å². The Labute approximate surface area is 139 Å². The van der Waals surface area contributed by atoms with Crippen LogP contribution in [0, 0.1) is 6.92 Å². The van der Waals surface area contributed by atoms with E-state index in [0.717, 1.165) is 17.5 Å². The Morgan fingerprint density at radius 3 is 2.62 bits per heavy atom. The summed E-state index contributed by atoms with van der Waals surface area (Å²) < 4.78 is 0. The zero-order valence-corrected chi connectivity index (χ0v) is 13.3. The fourth-order valence-corrected chi connectivity index (χ4v) is 2.88. The number of benzene rings is 2. The third-order valence-corrected chi connectivity index (χ3v) is 4.10. The normalized spacial score (nSPS) is 11.0. The number of nitrogens with zero attached hydrogens (tertiary/aromatic N) is 3. The molecular weight excluding hydrogens is 298 g/mol. The summed E-state index contributed by atoms with van der Waals surface area (Å²) in [5, 5.41) is 10.8. The highest BCUT2D eigenvalue weighted by Crippen LogP contribution is 2.24. The van der Waals surface area contributed by atoms with Gasteiger partial charge in [0, 0.05) is 0 Å². The Morgan fingerprint density at radius 2 is 1.79 bits per heavy atom. The van der Waals surface area contributed by atoms with Crippen molar-refractivity contribution in [3.63, 3.8) is 0 Å². The molecule has 0 radical (unpaired) electrons. The second-order valence-electron chi connectivity index (χ2n) is 5.95. The summed E-state index contributed by atoms with van der Waals surface area (Å²) in [5.74, 6) is 0.459. The highest BCUT2D eigenvalue weighted by molar-refractivity contribution is 5.76. The maximum Gasteiger partial charge on any atom is 0.203 e. The van der Waals surface area contributed by atoms with Crippen molar-refractivity contribution >= 4 is 17.0 Å². The molecule has 0 fully saturated rings. The van der Waals surface area contributed by atoms with E-state index in [0.29, 0.717) is 11.5 Å². The van der Waals surface area contributed by atoms with Gasteiger partial charge in [0.1, 0.15) is 11.3 Å². The summed E-state index contributed by atoms with van der Waals surface area (Å²) in [7, 11) is 0. The second kappa shape index (κ2) is 5.77. The lowest BCUT2D eigenvalue weighted by atomic mass is 9.98. The van der Waals surface area contributed by atoms with E-state index in [1.165, 1.54) is 22.3 Å². The number of rotatable bonds is 3. The number of hydrogen-bond donors (Lipinski definition) is 2. The molecular formula is C19H17N5. The molecule has 0 aliphatic carbocycles. The molecule has 0 aliphatic rings. The summed E-state index contributed by atoms with van der Waals surface area (Å²) in [6.45, 7) is 2.09. The summed E-state index contributed by atoms with van der Waals surface area (Å²) >= 11 is 0. The first kappa shape index (κ1) is 14.4. The van der Waals surface area contributed by atoms with Crippen LogP contribution in [-0.2, 0) is 6.42 Å². The molecule has 5 nitrogen and oxygen atoms in total. The summed E-state index contributed by atoms with van der Waals surface area (Å²) in [6.07, 6.45) is 0.732. The molecule has 0 aliphatic heterocycles. The standard InChI is InChI=1S/C19H17N5/c1-12-5-7-14(8-6-12)15-4-2-3-13(9-15)10-16-11-17(20)21-19-18(16)22-24-23-19/h2-9,11H,10H2,1H3,(H3,20,21,22,23,24). The van der Waals surface area contributed by atoms with E-state index in [1.54, 1.807) is 0 Å². The van der Waals surface area contributed by atoms with E-state index in [9.17, 15) is 0 Å². The zero-order chi connectivity index (χ0) is 16.5. The maximum atomic E-state index is 5.88. The molecule has 2 aromatic carbocycles. The molecule has 0 bridgehead atoms. The second-order valence-corrected chi connectivity index (χ2v) is 5.95. The van der Waals surface area contributed by atoms with E-state index >= 15 is 0 Å². The lowest BCUT2D eigenvalue weighted by Crippen LogP contribution is -1.96. The molecule has 0 saturated heterocycles. The van der Waals surface area contributed by atoms with Gasteiger partial charge in [-0.3, -0.25) is 0 Å². The van der Waals surface area contributed by atoms with Gasteiger partial charge in [-0.15, -0.1) is 5.10 Å². The van der Waals surface area contributed by atoms with Crippen LogP contribution >= 0.6 is 0 Å². The molecule has 0 atom stereocenters. The van der Waals surface area contributed by atoms with Gasteiger partial charge < -0.3 is 5.73 Å². The van der Waals surface area contributed by atoms with Crippen molar-refractivity contribution in [3.8, 4) is 11.1 Å². The topological polar surface area (TPSA) is 80.5 Å². The van der Waals surface area contributed by atoms with Gasteiger partial charge in [-0.1, -0.05) is 54.1 Å². The van der Waals surface area contributed by atoms with Gasteiger partial charge in [0.2, 0.25) is 5.65 Å². The van der Waals surface area contributed by atoms with Crippen molar-refractivity contribution in [2.75, 3.05) is 5.73 Å². The van der Waals surface area contributed by atoms with E-state index in [1.807, 2.05) is 6.07 Å². The average Bonchev–Trinajstić information content (AvgIpc) is 3.04. The van der Waals surface area contributed by atoms with Gasteiger partial charge in [-0.05, 0) is 41.7 Å². The molecule has 4 rings (SSSR count). The third-order valence-electron chi connectivity index (χ3n) is 4.10. The van der Waals surface area contributed by atoms with Gasteiger partial charge in [-0.2, -0.15) is 10.3 Å². The van der Waals surface area contributed by atoms with E-state index in [2.05, 4.69) is 75.8 Å². The molecule has 0 spiro atoms. The molecule has 118 valence electrons. The number of fused-ring (bicyclic) bond motifs is 1. The minimum atomic E-state index is 0.459. The fourth-order valence-electron chi connectivity index (χ4n) is 2.88. The largest absolute Gasteiger partial charge is 0.384 e. The predicted octanol–water partition coefficient (Wildman–Crippen LogP) is 3.50. The number of aryl methyl sites for hydroxylation is 1. The molecule has 2 heterocycles. The molecule has 4 aromatic rings. The van der Waals surface area contributed by atoms with Crippen molar-refractivity contribution < 1.29 is 0 Å². The molecule has 24 heavy (non-hydrogen) atoms.